The van der Waals surface area contributed by atoms with Crippen molar-refractivity contribution in [2.45, 2.75) is 19.6 Å². The van der Waals surface area contributed by atoms with Gasteiger partial charge >= 0.3 is 0 Å². The van der Waals surface area contributed by atoms with Crippen molar-refractivity contribution in [2.24, 2.45) is 0 Å². The number of rotatable bonds is 5. The van der Waals surface area contributed by atoms with Crippen LogP contribution in [-0.2, 0) is 11.3 Å². The minimum absolute atomic E-state index is 0.144. The summed E-state index contributed by atoms with van der Waals surface area (Å²) in [6.45, 7) is 2.21. The van der Waals surface area contributed by atoms with E-state index in [2.05, 4.69) is 10.3 Å². The van der Waals surface area contributed by atoms with E-state index in [1.54, 1.807) is 19.3 Å². The van der Waals surface area contributed by atoms with Crippen LogP contribution in [0, 0.1) is 0 Å². The Balaban J connectivity index is 1.60. The molecule has 1 amide bonds. The molecule has 23 heavy (non-hydrogen) atoms. The maximum Gasteiger partial charge on any atom is 0.261 e. The summed E-state index contributed by atoms with van der Waals surface area (Å²) in [5.41, 5.74) is 1.01. The van der Waals surface area contributed by atoms with Crippen molar-refractivity contribution in [3.05, 3.63) is 72.6 Å². The SMILES string of the molecule is CC(Oc1ccc2ccccc2c1)C(=O)NCc1ccncc1. The number of nitrogens with one attached hydrogen (secondary N) is 1. The van der Waals surface area contributed by atoms with Crippen molar-refractivity contribution in [2.75, 3.05) is 0 Å². The first-order valence-electron chi connectivity index (χ1n) is 7.54. The Hall–Kier alpha value is -2.88. The molecule has 1 unspecified atom stereocenters. The van der Waals surface area contributed by atoms with E-state index in [1.165, 1.54) is 0 Å². The molecule has 4 heteroatoms. The van der Waals surface area contributed by atoms with Crippen LogP contribution in [0.3, 0.4) is 0 Å². The number of fused-ring (bicyclic) bond motifs is 1. The van der Waals surface area contributed by atoms with Gasteiger partial charge in [0.15, 0.2) is 6.10 Å². The van der Waals surface area contributed by atoms with Gasteiger partial charge in [0, 0.05) is 18.9 Å². The molecular weight excluding hydrogens is 288 g/mol. The monoisotopic (exact) mass is 306 g/mol. The third-order valence-electron chi connectivity index (χ3n) is 3.62. The molecule has 1 atom stereocenters. The summed E-state index contributed by atoms with van der Waals surface area (Å²) in [6, 6.07) is 17.6. The number of nitrogens with zero attached hydrogens (tertiary/aromatic N) is 1. The Morgan fingerprint density at radius 2 is 1.83 bits per heavy atom. The number of ether oxygens (including phenoxy) is 1. The van der Waals surface area contributed by atoms with Crippen LogP contribution >= 0.6 is 0 Å². The molecule has 0 bridgehead atoms. The minimum Gasteiger partial charge on any atom is -0.481 e. The highest BCUT2D eigenvalue weighted by molar-refractivity contribution is 5.84. The van der Waals surface area contributed by atoms with Crippen LogP contribution < -0.4 is 10.1 Å². The van der Waals surface area contributed by atoms with Gasteiger partial charge in [-0.1, -0.05) is 30.3 Å². The van der Waals surface area contributed by atoms with Gasteiger partial charge in [-0.25, -0.2) is 0 Å². The smallest absolute Gasteiger partial charge is 0.261 e. The highest BCUT2D eigenvalue weighted by Crippen LogP contribution is 2.21. The zero-order chi connectivity index (χ0) is 16.1. The molecule has 116 valence electrons. The lowest BCUT2D eigenvalue weighted by Crippen LogP contribution is -2.35. The van der Waals surface area contributed by atoms with E-state index < -0.39 is 6.10 Å². The zero-order valence-electron chi connectivity index (χ0n) is 12.9. The third-order valence-corrected chi connectivity index (χ3v) is 3.62. The average Bonchev–Trinajstić information content (AvgIpc) is 2.60. The van der Waals surface area contributed by atoms with Crippen LogP contribution in [0.4, 0.5) is 0 Å². The fraction of sp³-hybridized carbons (Fsp3) is 0.158. The predicted octanol–water partition coefficient (Wildman–Crippen LogP) is 3.32. The van der Waals surface area contributed by atoms with Gasteiger partial charge in [-0.2, -0.15) is 0 Å². The summed E-state index contributed by atoms with van der Waals surface area (Å²) in [4.78, 5) is 16.1. The lowest BCUT2D eigenvalue weighted by atomic mass is 10.1. The molecule has 1 heterocycles. The van der Waals surface area contributed by atoms with Gasteiger partial charge in [-0.15, -0.1) is 0 Å². The number of carbonyl (C=O) groups is 1. The number of benzene rings is 2. The molecule has 0 saturated carbocycles. The Morgan fingerprint density at radius 1 is 1.09 bits per heavy atom. The lowest BCUT2D eigenvalue weighted by molar-refractivity contribution is -0.127. The van der Waals surface area contributed by atoms with Crippen LogP contribution in [0.25, 0.3) is 10.8 Å². The molecule has 3 rings (SSSR count). The maximum atomic E-state index is 12.1. The number of carbonyl (C=O) groups excluding carboxylic acids is 1. The highest BCUT2D eigenvalue weighted by atomic mass is 16.5. The minimum atomic E-state index is -0.557. The number of aromatic nitrogens is 1. The molecule has 0 spiro atoms. The normalized spacial score (nSPS) is 11.9. The molecule has 3 aromatic rings. The molecule has 0 aliphatic heterocycles. The zero-order valence-corrected chi connectivity index (χ0v) is 12.9. The van der Waals surface area contributed by atoms with Crippen molar-refractivity contribution >= 4 is 16.7 Å². The van der Waals surface area contributed by atoms with Gasteiger partial charge < -0.3 is 10.1 Å². The maximum absolute atomic E-state index is 12.1. The summed E-state index contributed by atoms with van der Waals surface area (Å²) in [6.07, 6.45) is 2.85. The Labute approximate surface area is 135 Å². The first-order chi connectivity index (χ1) is 11.2. The van der Waals surface area contributed by atoms with Gasteiger partial charge in [-0.05, 0) is 47.5 Å². The predicted molar refractivity (Wildman–Crippen MR) is 90.1 cm³/mol. The quantitative estimate of drug-likeness (QED) is 0.786. The van der Waals surface area contributed by atoms with E-state index in [4.69, 9.17) is 4.74 Å². The molecule has 2 aromatic carbocycles. The summed E-state index contributed by atoms with van der Waals surface area (Å²) in [7, 11) is 0. The van der Waals surface area contributed by atoms with Crippen molar-refractivity contribution in [1.82, 2.24) is 10.3 Å². The molecule has 4 nitrogen and oxygen atoms in total. The van der Waals surface area contributed by atoms with Gasteiger partial charge in [0.2, 0.25) is 0 Å². The second-order valence-corrected chi connectivity index (χ2v) is 5.34. The molecule has 0 aliphatic rings. The molecule has 0 aliphatic carbocycles. The highest BCUT2D eigenvalue weighted by Gasteiger charge is 2.14. The second-order valence-electron chi connectivity index (χ2n) is 5.34. The van der Waals surface area contributed by atoms with Crippen LogP contribution in [0.2, 0.25) is 0 Å². The summed E-state index contributed by atoms with van der Waals surface area (Å²) in [5, 5.41) is 5.10. The van der Waals surface area contributed by atoms with Crippen molar-refractivity contribution in [3.8, 4) is 5.75 Å². The van der Waals surface area contributed by atoms with Crippen LogP contribution in [0.15, 0.2) is 67.0 Å². The van der Waals surface area contributed by atoms with E-state index in [0.717, 1.165) is 16.3 Å². The molecule has 0 radical (unpaired) electrons. The molecule has 0 saturated heterocycles. The van der Waals surface area contributed by atoms with Gasteiger partial charge in [-0.3, -0.25) is 9.78 Å². The molecule has 0 fully saturated rings. The van der Waals surface area contributed by atoms with Gasteiger partial charge in [0.1, 0.15) is 5.75 Å². The first-order valence-corrected chi connectivity index (χ1v) is 7.54. The van der Waals surface area contributed by atoms with Crippen LogP contribution in [-0.4, -0.2) is 17.0 Å². The van der Waals surface area contributed by atoms with Crippen LogP contribution in [0.1, 0.15) is 12.5 Å². The van der Waals surface area contributed by atoms with E-state index >= 15 is 0 Å². The van der Waals surface area contributed by atoms with Crippen molar-refractivity contribution in [1.29, 1.82) is 0 Å². The first kappa shape index (κ1) is 15.0. The van der Waals surface area contributed by atoms with Gasteiger partial charge in [0.05, 0.1) is 0 Å². The van der Waals surface area contributed by atoms with Crippen molar-refractivity contribution < 1.29 is 9.53 Å². The number of pyridine rings is 1. The second kappa shape index (κ2) is 6.92. The molecule has 1 N–H and O–H groups in total. The van der Waals surface area contributed by atoms with E-state index in [0.29, 0.717) is 12.3 Å². The lowest BCUT2D eigenvalue weighted by Gasteiger charge is -2.15. The summed E-state index contributed by atoms with van der Waals surface area (Å²) in [5.74, 6) is 0.547. The third kappa shape index (κ3) is 3.86. The number of hydrogen-bond acceptors (Lipinski definition) is 3. The number of amides is 1. The topological polar surface area (TPSA) is 51.2 Å². The molecular formula is C19H18N2O2. The Morgan fingerprint density at radius 3 is 2.61 bits per heavy atom. The summed E-state index contributed by atoms with van der Waals surface area (Å²) < 4.78 is 5.75. The van der Waals surface area contributed by atoms with Crippen molar-refractivity contribution in [3.63, 3.8) is 0 Å². The number of hydrogen-bond donors (Lipinski definition) is 1. The summed E-state index contributed by atoms with van der Waals surface area (Å²) >= 11 is 0. The largest absolute Gasteiger partial charge is 0.481 e. The van der Waals surface area contributed by atoms with E-state index in [1.807, 2.05) is 54.6 Å². The Bertz CT molecular complexity index is 803. The van der Waals surface area contributed by atoms with E-state index in [9.17, 15) is 4.79 Å². The molecule has 1 aromatic heterocycles. The van der Waals surface area contributed by atoms with Crippen LogP contribution in [0.5, 0.6) is 5.75 Å². The Kier molecular flexibility index (Phi) is 4.52. The van der Waals surface area contributed by atoms with E-state index in [-0.39, 0.29) is 5.91 Å². The standard InChI is InChI=1S/C19H18N2O2/c1-14(19(22)21-13-15-8-10-20-11-9-15)23-18-7-6-16-4-2-3-5-17(16)12-18/h2-12,14H,13H2,1H3,(H,21,22). The fourth-order valence-electron chi connectivity index (χ4n) is 2.33. The fourth-order valence-corrected chi connectivity index (χ4v) is 2.33. The average molecular weight is 306 g/mol. The van der Waals surface area contributed by atoms with Gasteiger partial charge in [0.25, 0.3) is 5.91 Å².